The van der Waals surface area contributed by atoms with E-state index in [9.17, 15) is 13.2 Å². The predicted molar refractivity (Wildman–Crippen MR) is 66.1 cm³/mol. The molecule has 7 heteroatoms. The first-order valence-electron chi connectivity index (χ1n) is 5.57. The molecule has 0 heterocycles. The molecule has 0 aromatic rings. The van der Waals surface area contributed by atoms with E-state index in [-0.39, 0.29) is 36.0 Å². The summed E-state index contributed by atoms with van der Waals surface area (Å²) in [4.78, 5) is 11.1. The van der Waals surface area contributed by atoms with Gasteiger partial charge in [0.1, 0.15) is 5.75 Å². The number of unbranched alkanes of at least 4 members (excludes halogenated alkanes) is 4. The molecule has 0 amide bonds. The van der Waals surface area contributed by atoms with Crippen molar-refractivity contribution in [3.63, 3.8) is 0 Å². The van der Waals surface area contributed by atoms with Gasteiger partial charge < -0.3 is 9.29 Å². The van der Waals surface area contributed by atoms with Crippen LogP contribution in [0.1, 0.15) is 45.4 Å². The monoisotopic (exact) mass is 275 g/mol. The number of hydrogen-bond acceptors (Lipinski definition) is 5. The Morgan fingerprint density at radius 1 is 1.18 bits per heavy atom. The van der Waals surface area contributed by atoms with Crippen molar-refractivity contribution in [2.75, 3.05) is 12.4 Å². The largest absolute Gasteiger partial charge is 0.395 e. The topological polar surface area (TPSA) is 80.7 Å². The molecule has 1 N–H and O–H groups in total. The molecule has 0 spiro atoms. The summed E-state index contributed by atoms with van der Waals surface area (Å²) in [5, 5.41) is 8.42. The van der Waals surface area contributed by atoms with Gasteiger partial charge in [0.25, 0.3) is 0 Å². The SMILES string of the molecule is CCCCCCCC(=O)OS(=O)(=O)CCO.[Na]. The van der Waals surface area contributed by atoms with Gasteiger partial charge in [0, 0.05) is 36.0 Å². The summed E-state index contributed by atoms with van der Waals surface area (Å²) in [6.45, 7) is 1.56. The van der Waals surface area contributed by atoms with E-state index in [2.05, 4.69) is 11.1 Å². The maximum Gasteiger partial charge on any atom is 0.322 e. The minimum absolute atomic E-state index is 0. The number of carbonyl (C=O) groups excluding carboxylic acids is 1. The molecule has 5 nitrogen and oxygen atoms in total. The van der Waals surface area contributed by atoms with Crippen molar-refractivity contribution in [3.05, 3.63) is 0 Å². The molecule has 0 bridgehead atoms. The Hall–Kier alpha value is 0.380. The average molecular weight is 275 g/mol. The quantitative estimate of drug-likeness (QED) is 0.383. The number of hydrogen-bond donors (Lipinski definition) is 1. The second-order valence-corrected chi connectivity index (χ2v) is 5.30. The van der Waals surface area contributed by atoms with Crippen molar-refractivity contribution in [1.82, 2.24) is 0 Å². The predicted octanol–water partition coefficient (Wildman–Crippen LogP) is 0.831. The second-order valence-electron chi connectivity index (χ2n) is 3.60. The van der Waals surface area contributed by atoms with E-state index >= 15 is 0 Å². The van der Waals surface area contributed by atoms with Crippen LogP contribution in [0.25, 0.3) is 0 Å². The summed E-state index contributed by atoms with van der Waals surface area (Å²) in [6, 6.07) is 0. The van der Waals surface area contributed by atoms with Crippen molar-refractivity contribution in [2.24, 2.45) is 0 Å². The van der Waals surface area contributed by atoms with E-state index in [1.165, 1.54) is 0 Å². The first kappa shape index (κ1) is 19.7. The van der Waals surface area contributed by atoms with Gasteiger partial charge in [-0.1, -0.05) is 32.6 Å². The standard InChI is InChI=1S/C10H20O5S.Na/c1-2-3-4-5-6-7-10(12)15-16(13,14)9-8-11;/h11H,2-9H2,1H3;. The van der Waals surface area contributed by atoms with Gasteiger partial charge in [0.15, 0.2) is 0 Å². The van der Waals surface area contributed by atoms with Gasteiger partial charge in [-0.2, -0.15) is 8.42 Å². The minimum atomic E-state index is -3.88. The molecule has 0 unspecified atom stereocenters. The Bertz CT molecular complexity index is 289. The fraction of sp³-hybridized carbons (Fsp3) is 0.900. The molecule has 1 radical (unpaired) electrons. The van der Waals surface area contributed by atoms with Gasteiger partial charge in [-0.15, -0.1) is 0 Å². The van der Waals surface area contributed by atoms with Crippen LogP contribution in [0.3, 0.4) is 0 Å². The molecule has 0 aromatic carbocycles. The third-order valence-corrected chi connectivity index (χ3v) is 3.17. The maximum absolute atomic E-state index is 11.1. The molecule has 0 aliphatic rings. The molecule has 0 aromatic heterocycles. The summed E-state index contributed by atoms with van der Waals surface area (Å²) in [6.07, 6.45) is 4.96. The summed E-state index contributed by atoms with van der Waals surface area (Å²) < 4.78 is 26.2. The first-order chi connectivity index (χ1) is 7.52. The van der Waals surface area contributed by atoms with Crippen molar-refractivity contribution < 1.29 is 22.5 Å². The number of aliphatic hydroxyl groups is 1. The molecular weight excluding hydrogens is 255 g/mol. The normalized spacial score (nSPS) is 10.7. The van der Waals surface area contributed by atoms with Gasteiger partial charge in [-0.25, -0.2) is 0 Å². The number of carbonyl (C=O) groups is 1. The molecule has 0 saturated carbocycles. The second kappa shape index (κ2) is 11.5. The fourth-order valence-electron chi connectivity index (χ4n) is 1.21. The van der Waals surface area contributed by atoms with E-state index in [0.717, 1.165) is 25.7 Å². The van der Waals surface area contributed by atoms with Crippen LogP contribution in [-0.2, 0) is 19.1 Å². The molecule has 17 heavy (non-hydrogen) atoms. The molecule has 0 rings (SSSR count). The molecule has 0 aliphatic heterocycles. The van der Waals surface area contributed by atoms with Crippen LogP contribution >= 0.6 is 0 Å². The van der Waals surface area contributed by atoms with Crippen LogP contribution < -0.4 is 0 Å². The third kappa shape index (κ3) is 12.6. The van der Waals surface area contributed by atoms with Crippen molar-refractivity contribution in [2.45, 2.75) is 45.4 Å². The van der Waals surface area contributed by atoms with Gasteiger partial charge in [-0.05, 0) is 6.42 Å². The van der Waals surface area contributed by atoms with Crippen LogP contribution in [0.4, 0.5) is 0 Å². The maximum atomic E-state index is 11.1. The smallest absolute Gasteiger partial charge is 0.322 e. The van der Waals surface area contributed by atoms with Crippen molar-refractivity contribution in [1.29, 1.82) is 0 Å². The fourth-order valence-corrected chi connectivity index (χ4v) is 1.88. The van der Waals surface area contributed by atoms with E-state index < -0.39 is 28.4 Å². The zero-order chi connectivity index (χ0) is 12.4. The Balaban J connectivity index is 0. The Morgan fingerprint density at radius 3 is 2.29 bits per heavy atom. The Morgan fingerprint density at radius 2 is 1.76 bits per heavy atom. The molecule has 0 fully saturated rings. The van der Waals surface area contributed by atoms with E-state index in [1.54, 1.807) is 0 Å². The van der Waals surface area contributed by atoms with Gasteiger partial charge in [0.2, 0.25) is 0 Å². The summed E-state index contributed by atoms with van der Waals surface area (Å²) in [7, 11) is -3.88. The molecule has 97 valence electrons. The van der Waals surface area contributed by atoms with E-state index in [4.69, 9.17) is 5.11 Å². The zero-order valence-corrected chi connectivity index (χ0v) is 13.5. The number of aliphatic hydroxyl groups excluding tert-OH is 1. The van der Waals surface area contributed by atoms with Crippen LogP contribution in [0.5, 0.6) is 0 Å². The van der Waals surface area contributed by atoms with Crippen LogP contribution in [0, 0.1) is 0 Å². The molecule has 0 aliphatic carbocycles. The van der Waals surface area contributed by atoms with Gasteiger partial charge >= 0.3 is 16.1 Å². The average Bonchev–Trinajstić information content (AvgIpc) is 2.16. The summed E-state index contributed by atoms with van der Waals surface area (Å²) in [5.41, 5.74) is 0. The Kier molecular flexibility index (Phi) is 13.3. The molecule has 0 atom stereocenters. The summed E-state index contributed by atoms with van der Waals surface area (Å²) >= 11 is 0. The minimum Gasteiger partial charge on any atom is -0.395 e. The summed E-state index contributed by atoms with van der Waals surface area (Å²) in [5.74, 6) is -1.26. The zero-order valence-electron chi connectivity index (χ0n) is 10.6. The van der Waals surface area contributed by atoms with Gasteiger partial charge in [-0.3, -0.25) is 4.79 Å². The number of rotatable bonds is 9. The molecular formula is C10H20NaO5S. The van der Waals surface area contributed by atoms with E-state index in [0.29, 0.717) is 6.42 Å². The van der Waals surface area contributed by atoms with Crippen LogP contribution in [-0.4, -0.2) is 61.4 Å². The first-order valence-corrected chi connectivity index (χ1v) is 7.15. The van der Waals surface area contributed by atoms with Crippen molar-refractivity contribution in [3.8, 4) is 0 Å². The van der Waals surface area contributed by atoms with Crippen LogP contribution in [0.2, 0.25) is 0 Å². The van der Waals surface area contributed by atoms with Gasteiger partial charge in [0.05, 0.1) is 6.61 Å². The molecule has 0 saturated heterocycles. The van der Waals surface area contributed by atoms with Crippen molar-refractivity contribution >= 4 is 45.6 Å². The van der Waals surface area contributed by atoms with Crippen LogP contribution in [0.15, 0.2) is 0 Å². The Labute approximate surface area is 125 Å². The third-order valence-electron chi connectivity index (χ3n) is 2.05. The van der Waals surface area contributed by atoms with E-state index in [1.807, 2.05) is 0 Å².